The number of pyridine rings is 1. The molecule has 102 valence electrons. The van der Waals surface area contributed by atoms with Crippen LogP contribution < -0.4 is 5.32 Å². The molecule has 0 spiro atoms. The van der Waals surface area contributed by atoms with Crippen LogP contribution in [0.5, 0.6) is 0 Å². The van der Waals surface area contributed by atoms with Gasteiger partial charge in [-0.3, -0.25) is 9.78 Å². The quantitative estimate of drug-likeness (QED) is 0.875. The topological polar surface area (TPSA) is 42.0 Å². The molecule has 2 aromatic rings. The van der Waals surface area contributed by atoms with E-state index in [-0.39, 0.29) is 5.91 Å². The molecule has 20 heavy (non-hydrogen) atoms. The highest BCUT2D eigenvalue weighted by atomic mass is 35.5. The van der Waals surface area contributed by atoms with Crippen molar-refractivity contribution in [2.75, 3.05) is 0 Å². The summed E-state index contributed by atoms with van der Waals surface area (Å²) in [5, 5.41) is 3.66. The van der Waals surface area contributed by atoms with Crippen molar-refractivity contribution in [3.8, 4) is 0 Å². The number of nitrogens with zero attached hydrogens (tertiary/aromatic N) is 1. The fourth-order valence-electron chi connectivity index (χ4n) is 1.57. The molecule has 3 nitrogen and oxygen atoms in total. The third-order valence-corrected chi connectivity index (χ3v) is 3.42. The maximum absolute atomic E-state index is 11.7. The van der Waals surface area contributed by atoms with Crippen LogP contribution in [0.3, 0.4) is 0 Å². The zero-order valence-electron chi connectivity index (χ0n) is 10.5. The third kappa shape index (κ3) is 4.08. The Morgan fingerprint density at radius 1 is 1.25 bits per heavy atom. The molecule has 0 fully saturated rings. The van der Waals surface area contributed by atoms with Crippen LogP contribution in [0.4, 0.5) is 0 Å². The molecule has 0 saturated heterocycles. The average molecular weight is 307 g/mol. The van der Waals surface area contributed by atoms with Gasteiger partial charge >= 0.3 is 0 Å². The molecule has 1 aromatic carbocycles. The van der Waals surface area contributed by atoms with Crippen molar-refractivity contribution in [3.05, 3.63) is 70.0 Å². The molecule has 0 radical (unpaired) electrons. The lowest BCUT2D eigenvalue weighted by Crippen LogP contribution is -2.20. The number of carbonyl (C=O) groups excluding carboxylic acids is 1. The minimum Gasteiger partial charge on any atom is -0.348 e. The first-order valence-corrected chi connectivity index (χ1v) is 6.71. The summed E-state index contributed by atoms with van der Waals surface area (Å²) in [5.41, 5.74) is 1.64. The van der Waals surface area contributed by atoms with Gasteiger partial charge in [0, 0.05) is 25.0 Å². The largest absolute Gasteiger partial charge is 0.348 e. The van der Waals surface area contributed by atoms with Crippen molar-refractivity contribution in [2.24, 2.45) is 0 Å². The van der Waals surface area contributed by atoms with E-state index in [9.17, 15) is 4.79 Å². The average Bonchev–Trinajstić information content (AvgIpc) is 2.48. The van der Waals surface area contributed by atoms with E-state index in [1.165, 1.54) is 6.08 Å². The summed E-state index contributed by atoms with van der Waals surface area (Å²) in [6.07, 6.45) is 6.45. The molecule has 2 rings (SSSR count). The van der Waals surface area contributed by atoms with Crippen LogP contribution in [0.25, 0.3) is 6.08 Å². The highest BCUT2D eigenvalue weighted by molar-refractivity contribution is 6.42. The van der Waals surface area contributed by atoms with Crippen molar-refractivity contribution in [2.45, 2.75) is 6.54 Å². The number of hydrogen-bond acceptors (Lipinski definition) is 2. The molecule has 1 aromatic heterocycles. The number of halogens is 2. The standard InChI is InChI=1S/C15H12Cl2N2O/c16-13-5-1-4-12(15(13)17)6-7-14(20)19-10-11-3-2-8-18-9-11/h1-9H,10H2,(H,19,20)/b7-6+. The number of nitrogens with one attached hydrogen (secondary N) is 1. The molecule has 0 bridgehead atoms. The summed E-state index contributed by atoms with van der Waals surface area (Å²) in [7, 11) is 0. The summed E-state index contributed by atoms with van der Waals surface area (Å²) >= 11 is 11.9. The van der Waals surface area contributed by atoms with E-state index < -0.39 is 0 Å². The second kappa shape index (κ2) is 7.08. The lowest BCUT2D eigenvalue weighted by molar-refractivity contribution is -0.116. The minimum atomic E-state index is -0.204. The van der Waals surface area contributed by atoms with Crippen molar-refractivity contribution < 1.29 is 4.79 Å². The summed E-state index contributed by atoms with van der Waals surface area (Å²) in [5.74, 6) is -0.204. The minimum absolute atomic E-state index is 0.204. The molecular formula is C15H12Cl2N2O. The lowest BCUT2D eigenvalue weighted by Gasteiger charge is -2.02. The van der Waals surface area contributed by atoms with Gasteiger partial charge in [0.2, 0.25) is 5.91 Å². The Bertz CT molecular complexity index is 627. The normalized spacial score (nSPS) is 10.7. The molecule has 5 heteroatoms. The van der Waals surface area contributed by atoms with Crippen LogP contribution in [0.15, 0.2) is 48.8 Å². The van der Waals surface area contributed by atoms with Crippen molar-refractivity contribution in [1.29, 1.82) is 0 Å². The Labute approximate surface area is 127 Å². The third-order valence-electron chi connectivity index (χ3n) is 2.59. The summed E-state index contributed by atoms with van der Waals surface area (Å²) in [4.78, 5) is 15.7. The predicted molar refractivity (Wildman–Crippen MR) is 81.6 cm³/mol. The van der Waals surface area contributed by atoms with E-state index in [0.29, 0.717) is 22.2 Å². The number of rotatable bonds is 4. The van der Waals surface area contributed by atoms with Gasteiger partial charge < -0.3 is 5.32 Å². The van der Waals surface area contributed by atoms with Crippen molar-refractivity contribution in [3.63, 3.8) is 0 Å². The molecule has 0 aliphatic rings. The Morgan fingerprint density at radius 3 is 2.85 bits per heavy atom. The van der Waals surface area contributed by atoms with Gasteiger partial charge in [-0.05, 0) is 29.3 Å². The van der Waals surface area contributed by atoms with Gasteiger partial charge in [-0.2, -0.15) is 0 Å². The molecule has 0 atom stereocenters. The zero-order chi connectivity index (χ0) is 14.4. The summed E-state index contributed by atoms with van der Waals surface area (Å²) in [6.45, 7) is 0.431. The van der Waals surface area contributed by atoms with Crippen LogP contribution >= 0.6 is 23.2 Å². The van der Waals surface area contributed by atoms with Gasteiger partial charge in [0.05, 0.1) is 10.0 Å². The molecule has 0 unspecified atom stereocenters. The molecule has 1 heterocycles. The van der Waals surface area contributed by atoms with Crippen LogP contribution in [0, 0.1) is 0 Å². The van der Waals surface area contributed by atoms with Crippen LogP contribution in [0.1, 0.15) is 11.1 Å². The SMILES string of the molecule is O=C(/C=C/c1cccc(Cl)c1Cl)NCc1cccnc1. The smallest absolute Gasteiger partial charge is 0.244 e. The lowest BCUT2D eigenvalue weighted by atomic mass is 10.2. The maximum Gasteiger partial charge on any atom is 0.244 e. The highest BCUT2D eigenvalue weighted by Crippen LogP contribution is 2.26. The Balaban J connectivity index is 1.94. The fraction of sp³-hybridized carbons (Fsp3) is 0.0667. The molecule has 1 N–H and O–H groups in total. The zero-order valence-corrected chi connectivity index (χ0v) is 12.0. The van der Waals surface area contributed by atoms with Crippen molar-refractivity contribution in [1.82, 2.24) is 10.3 Å². The summed E-state index contributed by atoms with van der Waals surface area (Å²) < 4.78 is 0. The number of amides is 1. The number of aromatic nitrogens is 1. The van der Waals surface area contributed by atoms with Gasteiger partial charge in [-0.25, -0.2) is 0 Å². The molecule has 0 aliphatic heterocycles. The fourth-order valence-corrected chi connectivity index (χ4v) is 1.94. The van der Waals surface area contributed by atoms with Crippen LogP contribution in [-0.2, 0) is 11.3 Å². The first-order chi connectivity index (χ1) is 9.66. The van der Waals surface area contributed by atoms with E-state index in [0.717, 1.165) is 5.56 Å². The van der Waals surface area contributed by atoms with Gasteiger partial charge in [0.1, 0.15) is 0 Å². The monoisotopic (exact) mass is 306 g/mol. The van der Waals surface area contributed by atoms with Gasteiger partial charge in [0.15, 0.2) is 0 Å². The van der Waals surface area contributed by atoms with E-state index in [1.54, 1.807) is 36.7 Å². The Kier molecular flexibility index (Phi) is 5.16. The number of carbonyl (C=O) groups is 1. The molecular weight excluding hydrogens is 295 g/mol. The second-order valence-corrected chi connectivity index (χ2v) is 4.84. The molecule has 1 amide bonds. The maximum atomic E-state index is 11.7. The Hall–Kier alpha value is -1.84. The van der Waals surface area contributed by atoms with E-state index in [4.69, 9.17) is 23.2 Å². The predicted octanol–water partition coefficient (Wildman–Crippen LogP) is 3.72. The van der Waals surface area contributed by atoms with Gasteiger partial charge in [0.25, 0.3) is 0 Å². The summed E-state index contributed by atoms with van der Waals surface area (Å²) in [6, 6.07) is 8.98. The number of hydrogen-bond donors (Lipinski definition) is 1. The van der Waals surface area contributed by atoms with E-state index in [2.05, 4.69) is 10.3 Å². The van der Waals surface area contributed by atoms with E-state index in [1.807, 2.05) is 12.1 Å². The van der Waals surface area contributed by atoms with Crippen LogP contribution in [-0.4, -0.2) is 10.9 Å². The molecule has 0 aliphatic carbocycles. The first-order valence-electron chi connectivity index (χ1n) is 5.95. The molecule has 0 saturated carbocycles. The van der Waals surface area contributed by atoms with Gasteiger partial charge in [-0.15, -0.1) is 0 Å². The highest BCUT2D eigenvalue weighted by Gasteiger charge is 2.02. The van der Waals surface area contributed by atoms with E-state index >= 15 is 0 Å². The van der Waals surface area contributed by atoms with Crippen LogP contribution in [0.2, 0.25) is 10.0 Å². The Morgan fingerprint density at radius 2 is 2.10 bits per heavy atom. The van der Waals surface area contributed by atoms with Crippen molar-refractivity contribution >= 4 is 35.2 Å². The first kappa shape index (κ1) is 14.6. The second-order valence-electron chi connectivity index (χ2n) is 4.06. The number of benzene rings is 1. The van der Waals surface area contributed by atoms with Gasteiger partial charge in [-0.1, -0.05) is 41.4 Å².